The Kier molecular flexibility index (Phi) is 4.32. The molecule has 7 heteroatoms. The summed E-state index contributed by atoms with van der Waals surface area (Å²) in [4.78, 5) is 24.0. The third-order valence-electron chi connectivity index (χ3n) is 3.15. The van der Waals surface area contributed by atoms with Crippen molar-refractivity contribution in [2.45, 2.75) is 20.4 Å². The van der Waals surface area contributed by atoms with Crippen molar-refractivity contribution < 1.29 is 9.18 Å². The molecule has 112 valence electrons. The molecule has 0 unspecified atom stereocenters. The molecule has 1 aromatic heterocycles. The van der Waals surface area contributed by atoms with Crippen LogP contribution >= 0.6 is 0 Å². The molecule has 1 amide bonds. The van der Waals surface area contributed by atoms with E-state index in [1.54, 1.807) is 13.8 Å². The number of halogens is 1. The van der Waals surface area contributed by atoms with Crippen molar-refractivity contribution in [1.29, 1.82) is 5.26 Å². The Morgan fingerprint density at radius 2 is 2.18 bits per heavy atom. The number of carbonyl (C=O) groups excluding carboxylic acids is 1. The first-order valence-electron chi connectivity index (χ1n) is 6.46. The third-order valence-corrected chi connectivity index (χ3v) is 3.15. The van der Waals surface area contributed by atoms with Crippen LogP contribution in [0.25, 0.3) is 0 Å². The highest BCUT2D eigenvalue weighted by Crippen LogP contribution is 2.09. The highest BCUT2D eigenvalue weighted by Gasteiger charge is 2.14. The number of benzene rings is 1. The van der Waals surface area contributed by atoms with Gasteiger partial charge in [0, 0.05) is 5.69 Å². The lowest BCUT2D eigenvalue weighted by molar-refractivity contribution is -0.117. The molecule has 0 saturated carbocycles. The highest BCUT2D eigenvalue weighted by molar-refractivity contribution is 5.90. The predicted octanol–water partition coefficient (Wildman–Crippen LogP) is 1.51. The minimum atomic E-state index is -0.625. The number of hydrogen-bond acceptors (Lipinski definition) is 4. The summed E-state index contributed by atoms with van der Waals surface area (Å²) >= 11 is 0. The lowest BCUT2D eigenvalue weighted by atomic mass is 10.1. The van der Waals surface area contributed by atoms with E-state index in [2.05, 4.69) is 10.4 Å². The molecule has 6 nitrogen and oxygen atoms in total. The van der Waals surface area contributed by atoms with Gasteiger partial charge in [0.05, 0.1) is 5.69 Å². The molecule has 0 fully saturated rings. The van der Waals surface area contributed by atoms with Gasteiger partial charge in [-0.1, -0.05) is 6.07 Å². The second-order valence-electron chi connectivity index (χ2n) is 4.72. The summed E-state index contributed by atoms with van der Waals surface area (Å²) in [6.45, 7) is 2.92. The number of nitrogens with zero attached hydrogens (tertiary/aromatic N) is 3. The molecule has 0 bridgehead atoms. The number of nitrogens with one attached hydrogen (secondary N) is 1. The summed E-state index contributed by atoms with van der Waals surface area (Å²) in [7, 11) is 0. The third kappa shape index (κ3) is 3.17. The molecule has 2 rings (SSSR count). The number of aromatic nitrogens is 2. The van der Waals surface area contributed by atoms with Crippen LogP contribution in [0.2, 0.25) is 0 Å². The molecular formula is C15H13FN4O2. The number of carbonyl (C=O) groups is 1. The van der Waals surface area contributed by atoms with Gasteiger partial charge in [-0.25, -0.2) is 9.07 Å². The quantitative estimate of drug-likeness (QED) is 0.930. The summed E-state index contributed by atoms with van der Waals surface area (Å²) in [6, 6.07) is 7.22. The molecule has 0 spiro atoms. The predicted molar refractivity (Wildman–Crippen MR) is 77.7 cm³/mol. The van der Waals surface area contributed by atoms with Crippen molar-refractivity contribution in [3.8, 4) is 6.07 Å². The zero-order valence-electron chi connectivity index (χ0n) is 12.1. The van der Waals surface area contributed by atoms with Gasteiger partial charge in [0.2, 0.25) is 5.91 Å². The van der Waals surface area contributed by atoms with E-state index in [9.17, 15) is 14.0 Å². The largest absolute Gasteiger partial charge is 0.324 e. The minimum absolute atomic E-state index is 0.0361. The van der Waals surface area contributed by atoms with Gasteiger partial charge >= 0.3 is 0 Å². The number of aryl methyl sites for hydroxylation is 1. The number of nitriles is 1. The summed E-state index contributed by atoms with van der Waals surface area (Å²) in [5.41, 5.74) is 0.609. The standard InChI is InChI=1S/C15H13FN4O2/c1-9-10(2)19-20(15(22)13(9)7-17)8-14(21)18-12-5-3-4-11(16)6-12/h3-6H,8H2,1-2H3,(H,18,21). The molecule has 0 saturated heterocycles. The average molecular weight is 300 g/mol. The Labute approximate surface area is 125 Å². The Bertz CT molecular complexity index is 836. The van der Waals surface area contributed by atoms with Gasteiger partial charge in [0.25, 0.3) is 5.56 Å². The molecule has 1 aromatic carbocycles. The topological polar surface area (TPSA) is 87.8 Å². The van der Waals surface area contributed by atoms with E-state index in [1.807, 2.05) is 6.07 Å². The summed E-state index contributed by atoms with van der Waals surface area (Å²) in [5.74, 6) is -1.02. The molecule has 22 heavy (non-hydrogen) atoms. The second kappa shape index (κ2) is 6.18. The van der Waals surface area contributed by atoms with Crippen LogP contribution < -0.4 is 10.9 Å². The van der Waals surface area contributed by atoms with Gasteiger partial charge in [-0.15, -0.1) is 0 Å². The van der Waals surface area contributed by atoms with Crippen molar-refractivity contribution in [3.63, 3.8) is 0 Å². The summed E-state index contributed by atoms with van der Waals surface area (Å²) in [6.07, 6.45) is 0. The van der Waals surface area contributed by atoms with Gasteiger partial charge < -0.3 is 5.32 Å². The van der Waals surface area contributed by atoms with Gasteiger partial charge in [0.1, 0.15) is 24.0 Å². The van der Waals surface area contributed by atoms with E-state index >= 15 is 0 Å². The van der Waals surface area contributed by atoms with Crippen LogP contribution in [0.4, 0.5) is 10.1 Å². The number of amides is 1. The molecule has 1 N–H and O–H groups in total. The highest BCUT2D eigenvalue weighted by atomic mass is 19.1. The molecule has 0 aliphatic heterocycles. The number of hydrogen-bond donors (Lipinski definition) is 1. The lowest BCUT2D eigenvalue weighted by Gasteiger charge is -2.09. The van der Waals surface area contributed by atoms with Crippen LogP contribution in [0, 0.1) is 31.0 Å². The molecular weight excluding hydrogens is 287 g/mol. The normalized spacial score (nSPS) is 10.1. The van der Waals surface area contributed by atoms with E-state index in [0.717, 1.165) is 10.7 Å². The van der Waals surface area contributed by atoms with Crippen molar-refractivity contribution in [2.24, 2.45) is 0 Å². The van der Waals surface area contributed by atoms with Crippen LogP contribution in [0.5, 0.6) is 0 Å². The Hall–Kier alpha value is -3.01. The van der Waals surface area contributed by atoms with Gasteiger partial charge in [-0.3, -0.25) is 9.59 Å². The van der Waals surface area contributed by atoms with Crippen LogP contribution in [-0.4, -0.2) is 15.7 Å². The van der Waals surface area contributed by atoms with Crippen molar-refractivity contribution >= 4 is 11.6 Å². The molecule has 1 heterocycles. The molecule has 0 aliphatic rings. The maximum absolute atomic E-state index is 13.0. The Morgan fingerprint density at radius 1 is 1.45 bits per heavy atom. The van der Waals surface area contributed by atoms with Crippen molar-refractivity contribution in [1.82, 2.24) is 9.78 Å². The van der Waals surface area contributed by atoms with Crippen LogP contribution in [0.3, 0.4) is 0 Å². The zero-order chi connectivity index (χ0) is 16.3. The minimum Gasteiger partial charge on any atom is -0.324 e. The molecule has 0 aliphatic carbocycles. The van der Waals surface area contributed by atoms with E-state index in [4.69, 9.17) is 5.26 Å². The Balaban J connectivity index is 2.24. The molecule has 0 radical (unpaired) electrons. The number of rotatable bonds is 3. The summed E-state index contributed by atoms with van der Waals surface area (Å²) < 4.78 is 14.0. The van der Waals surface area contributed by atoms with Gasteiger partial charge in [-0.2, -0.15) is 10.4 Å². The fraction of sp³-hybridized carbons (Fsp3) is 0.200. The smallest absolute Gasteiger partial charge is 0.285 e. The maximum atomic E-state index is 13.0. The summed E-state index contributed by atoms with van der Waals surface area (Å²) in [5, 5.41) is 15.5. The zero-order valence-corrected chi connectivity index (χ0v) is 12.1. The van der Waals surface area contributed by atoms with Crippen molar-refractivity contribution in [3.05, 3.63) is 57.3 Å². The lowest BCUT2D eigenvalue weighted by Crippen LogP contribution is -2.32. The average Bonchev–Trinajstić information content (AvgIpc) is 2.45. The van der Waals surface area contributed by atoms with Crippen LogP contribution in [-0.2, 0) is 11.3 Å². The molecule has 0 atom stereocenters. The fourth-order valence-electron chi connectivity index (χ4n) is 1.91. The first-order chi connectivity index (χ1) is 10.4. The van der Waals surface area contributed by atoms with Crippen LogP contribution in [0.1, 0.15) is 16.8 Å². The monoisotopic (exact) mass is 300 g/mol. The van der Waals surface area contributed by atoms with Gasteiger partial charge in [0.15, 0.2) is 0 Å². The second-order valence-corrected chi connectivity index (χ2v) is 4.72. The van der Waals surface area contributed by atoms with E-state index < -0.39 is 17.3 Å². The fourth-order valence-corrected chi connectivity index (χ4v) is 1.91. The van der Waals surface area contributed by atoms with Gasteiger partial charge in [-0.05, 0) is 37.6 Å². The first-order valence-corrected chi connectivity index (χ1v) is 6.46. The molecule has 2 aromatic rings. The van der Waals surface area contributed by atoms with Crippen LogP contribution in [0.15, 0.2) is 29.1 Å². The number of anilines is 1. The van der Waals surface area contributed by atoms with Crippen molar-refractivity contribution in [2.75, 3.05) is 5.32 Å². The van der Waals surface area contributed by atoms with E-state index in [-0.39, 0.29) is 17.8 Å². The van der Waals surface area contributed by atoms with E-state index in [1.165, 1.54) is 18.2 Å². The SMILES string of the molecule is Cc1nn(CC(=O)Nc2cccc(F)c2)c(=O)c(C#N)c1C. The van der Waals surface area contributed by atoms with E-state index in [0.29, 0.717) is 11.3 Å². The maximum Gasteiger partial charge on any atom is 0.285 e. The first kappa shape index (κ1) is 15.4. The Morgan fingerprint density at radius 3 is 2.82 bits per heavy atom.